The van der Waals surface area contributed by atoms with Gasteiger partial charge in [0.25, 0.3) is 11.8 Å². The summed E-state index contributed by atoms with van der Waals surface area (Å²) in [5.74, 6) is -0.0118. The molecule has 3 aromatic rings. The number of halogens is 1. The predicted molar refractivity (Wildman–Crippen MR) is 114 cm³/mol. The average Bonchev–Trinajstić information content (AvgIpc) is 3.18. The summed E-state index contributed by atoms with van der Waals surface area (Å²) >= 11 is 0. The number of ether oxygens (including phenoxy) is 1. The van der Waals surface area contributed by atoms with Crippen LogP contribution in [0.4, 0.5) is 0 Å². The number of phenols is 1. The van der Waals surface area contributed by atoms with Crippen LogP contribution in [0.3, 0.4) is 0 Å². The van der Waals surface area contributed by atoms with Gasteiger partial charge >= 0.3 is 0 Å². The first-order valence-electron chi connectivity index (χ1n) is 9.44. The molecule has 0 saturated heterocycles. The highest BCUT2D eigenvalue weighted by molar-refractivity contribution is 6.30. The van der Waals surface area contributed by atoms with Gasteiger partial charge in [-0.25, -0.2) is 0 Å². The van der Waals surface area contributed by atoms with Gasteiger partial charge in [-0.1, -0.05) is 13.8 Å². The number of nitrogens with one attached hydrogen (secondary N) is 1. The Morgan fingerprint density at radius 3 is 2.52 bits per heavy atom. The minimum absolute atomic E-state index is 0. The van der Waals surface area contributed by atoms with Crippen LogP contribution in [0.5, 0.6) is 11.5 Å². The number of carbonyl (C=O) groups excluding carboxylic acids is 2. The van der Waals surface area contributed by atoms with Crippen LogP contribution in [0.1, 0.15) is 34.6 Å². The van der Waals surface area contributed by atoms with Gasteiger partial charge in [0.2, 0.25) is 0 Å². The number of H-pyrrole nitrogens is 1. The van der Waals surface area contributed by atoms with Gasteiger partial charge in [0, 0.05) is 29.4 Å². The minimum Gasteiger partial charge on any atom is -0.508 e. The molecule has 0 aliphatic carbocycles. The van der Waals surface area contributed by atoms with Crippen molar-refractivity contribution >= 4 is 46.0 Å². The number of aromatic nitrogens is 1. The molecule has 2 heterocycles. The molecule has 1 aromatic heterocycles. The molecule has 7 nitrogen and oxygen atoms in total. The van der Waals surface area contributed by atoms with Gasteiger partial charge in [0.05, 0.1) is 23.8 Å². The summed E-state index contributed by atoms with van der Waals surface area (Å²) in [4.78, 5) is 32.9. The van der Waals surface area contributed by atoms with Gasteiger partial charge in [0.15, 0.2) is 0 Å². The van der Waals surface area contributed by atoms with E-state index in [1.165, 1.54) is 12.0 Å². The normalized spacial score (nSPS) is 13.4. The second-order valence-corrected chi connectivity index (χ2v) is 6.90. The first-order valence-corrected chi connectivity index (χ1v) is 9.44. The molecule has 154 valence electrons. The smallest absolute Gasteiger partial charge is 0.262 e. The van der Waals surface area contributed by atoms with Gasteiger partial charge < -0.3 is 19.7 Å². The molecule has 0 bridgehead atoms. The maximum absolute atomic E-state index is 13.2. The standard InChI is InChI=1S/C21H23N3O4.ClH/c1-4-23(5-2)8-9-24-20(26)14-11-16(28-3)19-17(18(14)21(24)27)13-10-12(25)6-7-15(13)22-19;/h6-7,10-11,22,25H,4-5,8-9H2,1-3H3;1H. The van der Waals surface area contributed by atoms with E-state index >= 15 is 0 Å². The summed E-state index contributed by atoms with van der Waals surface area (Å²) in [5, 5.41) is 11.2. The summed E-state index contributed by atoms with van der Waals surface area (Å²) in [6.07, 6.45) is 0. The number of fused-ring (bicyclic) bond motifs is 5. The Morgan fingerprint density at radius 2 is 1.86 bits per heavy atom. The second-order valence-electron chi connectivity index (χ2n) is 6.90. The SMILES string of the molecule is CCN(CC)CCN1C(=O)c2cc(OC)c3[nH]c4ccc(O)cc4c3c2C1=O.Cl. The molecule has 0 spiro atoms. The molecular formula is C21H24ClN3O4. The molecule has 0 unspecified atom stereocenters. The summed E-state index contributed by atoms with van der Waals surface area (Å²) < 4.78 is 5.48. The van der Waals surface area contributed by atoms with Crippen molar-refractivity contribution < 1.29 is 19.4 Å². The molecular weight excluding hydrogens is 394 g/mol. The van der Waals surface area contributed by atoms with Crippen molar-refractivity contribution in [2.45, 2.75) is 13.8 Å². The summed E-state index contributed by atoms with van der Waals surface area (Å²) in [5.41, 5.74) is 2.13. The number of phenolic OH excluding ortho intramolecular Hbond substituents is 1. The fourth-order valence-corrected chi connectivity index (χ4v) is 3.94. The van der Waals surface area contributed by atoms with E-state index in [2.05, 4.69) is 23.7 Å². The van der Waals surface area contributed by atoms with E-state index < -0.39 is 0 Å². The largest absolute Gasteiger partial charge is 0.508 e. The Hall–Kier alpha value is -2.77. The number of carbonyl (C=O) groups is 2. The van der Waals surface area contributed by atoms with Gasteiger partial charge in [0.1, 0.15) is 11.5 Å². The predicted octanol–water partition coefficient (Wildman–Crippen LogP) is 3.39. The lowest BCUT2D eigenvalue weighted by molar-refractivity contribution is 0.0638. The highest BCUT2D eigenvalue weighted by atomic mass is 35.5. The second kappa shape index (κ2) is 7.93. The summed E-state index contributed by atoms with van der Waals surface area (Å²) in [7, 11) is 1.53. The summed E-state index contributed by atoms with van der Waals surface area (Å²) in [6, 6.07) is 6.55. The van der Waals surface area contributed by atoms with Crippen LogP contribution in [0.25, 0.3) is 21.8 Å². The molecule has 2 aromatic carbocycles. The molecule has 8 heteroatoms. The number of amides is 2. The zero-order chi connectivity index (χ0) is 20.0. The number of likely N-dealkylation sites (N-methyl/N-ethyl adjacent to an activating group) is 1. The lowest BCUT2D eigenvalue weighted by Gasteiger charge is -2.21. The fourth-order valence-electron chi connectivity index (χ4n) is 3.94. The van der Waals surface area contributed by atoms with Gasteiger partial charge in [-0.15, -0.1) is 12.4 Å². The third kappa shape index (κ3) is 3.20. The van der Waals surface area contributed by atoms with E-state index in [4.69, 9.17) is 4.74 Å². The highest BCUT2D eigenvalue weighted by Crippen LogP contribution is 2.40. The molecule has 0 fully saturated rings. The van der Waals surface area contributed by atoms with E-state index in [0.717, 1.165) is 18.6 Å². The molecule has 0 atom stereocenters. The maximum Gasteiger partial charge on any atom is 0.262 e. The third-order valence-corrected chi connectivity index (χ3v) is 5.51. The maximum atomic E-state index is 13.2. The highest BCUT2D eigenvalue weighted by Gasteiger charge is 2.39. The molecule has 0 radical (unpaired) electrons. The molecule has 1 aliphatic heterocycles. The fraction of sp³-hybridized carbons (Fsp3) is 0.333. The zero-order valence-electron chi connectivity index (χ0n) is 16.6. The number of hydrogen-bond donors (Lipinski definition) is 2. The number of rotatable bonds is 6. The number of methoxy groups -OCH3 is 1. The van der Waals surface area contributed by atoms with Crippen LogP contribution >= 0.6 is 12.4 Å². The average molecular weight is 418 g/mol. The number of nitrogens with zero attached hydrogens (tertiary/aromatic N) is 2. The number of aromatic amines is 1. The van der Waals surface area contributed by atoms with Crippen molar-refractivity contribution in [2.24, 2.45) is 0 Å². The van der Waals surface area contributed by atoms with Crippen LogP contribution in [0, 0.1) is 0 Å². The van der Waals surface area contributed by atoms with Crippen LogP contribution in [-0.4, -0.2) is 65.0 Å². The Bertz CT molecular complexity index is 1100. The van der Waals surface area contributed by atoms with Crippen molar-refractivity contribution in [1.82, 2.24) is 14.8 Å². The van der Waals surface area contributed by atoms with Crippen molar-refractivity contribution in [3.05, 3.63) is 35.4 Å². The monoisotopic (exact) mass is 417 g/mol. The van der Waals surface area contributed by atoms with Gasteiger partial charge in [-0.3, -0.25) is 14.5 Å². The molecule has 4 rings (SSSR count). The van der Waals surface area contributed by atoms with E-state index in [1.807, 2.05) is 0 Å². The molecule has 2 amide bonds. The first-order chi connectivity index (χ1) is 13.5. The molecule has 2 N–H and O–H groups in total. The molecule has 29 heavy (non-hydrogen) atoms. The van der Waals surface area contributed by atoms with Crippen LogP contribution in [0.15, 0.2) is 24.3 Å². The minimum atomic E-state index is -0.304. The lowest BCUT2D eigenvalue weighted by Crippen LogP contribution is -2.38. The Balaban J connectivity index is 0.00000240. The number of benzene rings is 2. The Morgan fingerprint density at radius 1 is 1.14 bits per heavy atom. The number of hydrogen-bond acceptors (Lipinski definition) is 5. The van der Waals surface area contributed by atoms with Crippen LogP contribution < -0.4 is 4.74 Å². The van der Waals surface area contributed by atoms with E-state index in [-0.39, 0.29) is 30.0 Å². The van der Waals surface area contributed by atoms with E-state index in [0.29, 0.717) is 46.3 Å². The lowest BCUT2D eigenvalue weighted by atomic mass is 10.0. The van der Waals surface area contributed by atoms with Crippen molar-refractivity contribution in [3.8, 4) is 11.5 Å². The van der Waals surface area contributed by atoms with Crippen molar-refractivity contribution in [1.29, 1.82) is 0 Å². The van der Waals surface area contributed by atoms with Gasteiger partial charge in [-0.05, 0) is 37.4 Å². The Labute approximate surface area is 174 Å². The third-order valence-electron chi connectivity index (χ3n) is 5.51. The molecule has 1 aliphatic rings. The Kier molecular flexibility index (Phi) is 5.73. The van der Waals surface area contributed by atoms with E-state index in [9.17, 15) is 14.7 Å². The summed E-state index contributed by atoms with van der Waals surface area (Å²) in [6.45, 7) is 6.80. The van der Waals surface area contributed by atoms with Crippen LogP contribution in [0.2, 0.25) is 0 Å². The van der Waals surface area contributed by atoms with E-state index in [1.54, 1.807) is 24.3 Å². The van der Waals surface area contributed by atoms with Crippen molar-refractivity contribution in [3.63, 3.8) is 0 Å². The van der Waals surface area contributed by atoms with Crippen LogP contribution in [-0.2, 0) is 0 Å². The van der Waals surface area contributed by atoms with Crippen molar-refractivity contribution in [2.75, 3.05) is 33.3 Å². The number of aromatic hydroxyl groups is 1. The topological polar surface area (TPSA) is 85.9 Å². The molecule has 0 saturated carbocycles. The zero-order valence-corrected chi connectivity index (χ0v) is 17.4. The number of imide groups is 1. The van der Waals surface area contributed by atoms with Gasteiger partial charge in [-0.2, -0.15) is 0 Å². The quantitative estimate of drug-likeness (QED) is 0.600. The first kappa shape index (κ1) is 21.0.